The van der Waals surface area contributed by atoms with Crippen LogP contribution in [-0.2, 0) is 9.53 Å². The Hall–Kier alpha value is -1.37. The second kappa shape index (κ2) is 3.61. The minimum absolute atomic E-state index is 0.502. The van der Waals surface area contributed by atoms with E-state index in [-0.39, 0.29) is 0 Å². The van der Waals surface area contributed by atoms with Gasteiger partial charge >= 0.3 is 12.2 Å². The highest BCUT2D eigenvalue weighted by Crippen LogP contribution is 1.93. The van der Waals surface area contributed by atoms with E-state index in [0.29, 0.717) is 0 Å². The van der Waals surface area contributed by atoms with Crippen molar-refractivity contribution < 1.29 is 9.53 Å². The first-order valence-corrected chi connectivity index (χ1v) is 2.34. The Balaban J connectivity index is 3.73. The van der Waals surface area contributed by atoms with Crippen LogP contribution in [0.25, 0.3) is 4.98 Å². The van der Waals surface area contributed by atoms with Crippen LogP contribution in [0.4, 0.5) is 0 Å². The standard InChI is InChI=1S/C5H7N2O2/c1-3-5(7-6)9-4(2)8/h3,5H,1H2,2H3/q+1. The van der Waals surface area contributed by atoms with Crippen molar-refractivity contribution in [3.63, 3.8) is 0 Å². The highest BCUT2D eigenvalue weighted by Gasteiger charge is 2.16. The van der Waals surface area contributed by atoms with Gasteiger partial charge < -0.3 is 4.74 Å². The molecule has 0 rings (SSSR count). The maximum Gasteiger partial charge on any atom is 0.477 e. The molecule has 4 heteroatoms. The van der Waals surface area contributed by atoms with Crippen LogP contribution < -0.4 is 0 Å². The van der Waals surface area contributed by atoms with Gasteiger partial charge in [-0.05, 0) is 0 Å². The van der Waals surface area contributed by atoms with Crippen LogP contribution in [0.2, 0.25) is 0 Å². The summed E-state index contributed by atoms with van der Waals surface area (Å²) in [6.45, 7) is 4.48. The van der Waals surface area contributed by atoms with E-state index < -0.39 is 12.2 Å². The summed E-state index contributed by atoms with van der Waals surface area (Å²) in [5.41, 5.74) is 0. The Morgan fingerprint density at radius 3 is 2.67 bits per heavy atom. The lowest BCUT2D eigenvalue weighted by Gasteiger charge is -1.90. The first-order valence-electron chi connectivity index (χ1n) is 2.34. The second-order valence-electron chi connectivity index (χ2n) is 1.35. The van der Waals surface area contributed by atoms with Gasteiger partial charge in [0.2, 0.25) is 5.39 Å². The summed E-state index contributed by atoms with van der Waals surface area (Å²) in [7, 11) is 0. The molecule has 0 aliphatic rings. The fourth-order valence-electron chi connectivity index (χ4n) is 0.289. The molecular formula is C5H7N2O2+. The molecule has 0 aromatic rings. The summed E-state index contributed by atoms with van der Waals surface area (Å²) >= 11 is 0. The second-order valence-corrected chi connectivity index (χ2v) is 1.35. The van der Waals surface area contributed by atoms with Gasteiger partial charge in [0.15, 0.2) is 4.98 Å². The number of hydrogen-bond donors (Lipinski definition) is 0. The number of rotatable bonds is 2. The Morgan fingerprint density at radius 1 is 2.00 bits per heavy atom. The van der Waals surface area contributed by atoms with Gasteiger partial charge in [-0.2, -0.15) is 0 Å². The number of carbonyl (C=O) groups excluding carboxylic acids is 1. The summed E-state index contributed by atoms with van der Waals surface area (Å²) < 4.78 is 4.38. The quantitative estimate of drug-likeness (QED) is 0.315. The average molecular weight is 127 g/mol. The Morgan fingerprint density at radius 2 is 2.56 bits per heavy atom. The number of ether oxygens (including phenoxy) is 1. The smallest absolute Gasteiger partial charge is 0.383 e. The molecule has 1 unspecified atom stereocenters. The maximum absolute atomic E-state index is 10.1. The number of esters is 1. The predicted molar refractivity (Wildman–Crippen MR) is 30.8 cm³/mol. The third-order valence-corrected chi connectivity index (χ3v) is 0.602. The van der Waals surface area contributed by atoms with E-state index in [1.54, 1.807) is 0 Å². The zero-order valence-electron chi connectivity index (χ0n) is 5.07. The zero-order valence-corrected chi connectivity index (χ0v) is 5.07. The normalized spacial score (nSPS) is 11.1. The summed E-state index contributed by atoms with van der Waals surface area (Å²) in [5.74, 6) is -0.502. The lowest BCUT2D eigenvalue weighted by molar-refractivity contribution is -0.142. The summed E-state index contributed by atoms with van der Waals surface area (Å²) in [4.78, 5) is 12.8. The van der Waals surface area contributed by atoms with Gasteiger partial charge in [-0.1, -0.05) is 6.58 Å². The molecule has 9 heavy (non-hydrogen) atoms. The minimum atomic E-state index is -0.928. The number of hydrogen-bond acceptors (Lipinski definition) is 3. The molecule has 0 N–H and O–H groups in total. The van der Waals surface area contributed by atoms with Crippen molar-refractivity contribution in [1.29, 1.82) is 5.39 Å². The molecule has 0 radical (unpaired) electrons. The van der Waals surface area contributed by atoms with Crippen LogP contribution >= 0.6 is 0 Å². The van der Waals surface area contributed by atoms with Crippen molar-refractivity contribution >= 4 is 5.97 Å². The molecule has 0 saturated heterocycles. The predicted octanol–water partition coefficient (Wildman–Crippen LogP) is 0.915. The largest absolute Gasteiger partial charge is 0.477 e. The van der Waals surface area contributed by atoms with Gasteiger partial charge in [-0.3, -0.25) is 4.79 Å². The molecule has 0 heterocycles. The van der Waals surface area contributed by atoms with Crippen molar-refractivity contribution in [2.24, 2.45) is 0 Å². The van der Waals surface area contributed by atoms with Gasteiger partial charge in [0.25, 0.3) is 0 Å². The molecule has 0 amide bonds. The van der Waals surface area contributed by atoms with E-state index in [1.165, 1.54) is 13.0 Å². The van der Waals surface area contributed by atoms with Crippen molar-refractivity contribution in [1.82, 2.24) is 0 Å². The van der Waals surface area contributed by atoms with Crippen molar-refractivity contribution in [2.75, 3.05) is 0 Å². The Bertz CT molecular complexity index is 159. The van der Waals surface area contributed by atoms with E-state index in [9.17, 15) is 4.79 Å². The molecular weight excluding hydrogens is 120 g/mol. The van der Waals surface area contributed by atoms with Crippen molar-refractivity contribution in [2.45, 2.75) is 13.2 Å². The third-order valence-electron chi connectivity index (χ3n) is 0.602. The summed E-state index contributed by atoms with van der Waals surface area (Å²) in [6, 6.07) is 0. The van der Waals surface area contributed by atoms with Gasteiger partial charge in [0.05, 0.1) is 0 Å². The molecule has 48 valence electrons. The first-order chi connectivity index (χ1) is 4.20. The molecule has 0 aliphatic carbocycles. The Kier molecular flexibility index (Phi) is 3.06. The number of diazo groups is 1. The molecule has 0 spiro atoms. The van der Waals surface area contributed by atoms with Crippen LogP contribution in [0.15, 0.2) is 12.7 Å². The molecule has 0 aliphatic heterocycles. The van der Waals surface area contributed by atoms with Gasteiger partial charge in [-0.25, -0.2) is 0 Å². The first kappa shape index (κ1) is 7.63. The molecule has 4 nitrogen and oxygen atoms in total. The maximum atomic E-state index is 10.1. The van der Waals surface area contributed by atoms with E-state index in [2.05, 4.69) is 16.3 Å². The van der Waals surface area contributed by atoms with Crippen LogP contribution in [-0.4, -0.2) is 12.2 Å². The van der Waals surface area contributed by atoms with Crippen molar-refractivity contribution in [3.05, 3.63) is 17.6 Å². The molecule has 0 aromatic carbocycles. The van der Waals surface area contributed by atoms with E-state index in [4.69, 9.17) is 5.39 Å². The lowest BCUT2D eigenvalue weighted by atomic mass is 10.6. The topological polar surface area (TPSA) is 54.4 Å². The molecule has 0 saturated carbocycles. The van der Waals surface area contributed by atoms with Gasteiger partial charge in [0.1, 0.15) is 0 Å². The van der Waals surface area contributed by atoms with Gasteiger partial charge in [0, 0.05) is 13.0 Å². The van der Waals surface area contributed by atoms with Gasteiger partial charge in [-0.15, -0.1) is 0 Å². The fourth-order valence-corrected chi connectivity index (χ4v) is 0.289. The molecule has 0 aromatic heterocycles. The van der Waals surface area contributed by atoms with Crippen LogP contribution in [0.1, 0.15) is 6.92 Å². The zero-order chi connectivity index (χ0) is 7.28. The highest BCUT2D eigenvalue weighted by molar-refractivity contribution is 5.66. The SMILES string of the molecule is C=CC([N+]#N)OC(C)=O. The highest BCUT2D eigenvalue weighted by atomic mass is 16.6. The fraction of sp³-hybridized carbons (Fsp3) is 0.400. The lowest BCUT2D eigenvalue weighted by Crippen LogP contribution is -2.07. The van der Waals surface area contributed by atoms with Crippen LogP contribution in [0.3, 0.4) is 0 Å². The number of nitrogens with zero attached hydrogens (tertiary/aromatic N) is 2. The molecule has 1 atom stereocenters. The average Bonchev–Trinajstić information content (AvgIpc) is 1.82. The monoisotopic (exact) mass is 127 g/mol. The van der Waals surface area contributed by atoms with E-state index in [0.717, 1.165) is 0 Å². The van der Waals surface area contributed by atoms with E-state index >= 15 is 0 Å². The summed E-state index contributed by atoms with van der Waals surface area (Å²) in [5, 5.41) is 8.05. The summed E-state index contributed by atoms with van der Waals surface area (Å²) in [6.07, 6.45) is 0.281. The molecule has 0 fully saturated rings. The third kappa shape index (κ3) is 3.23. The van der Waals surface area contributed by atoms with Crippen LogP contribution in [0, 0.1) is 5.39 Å². The Labute approximate surface area is 52.7 Å². The minimum Gasteiger partial charge on any atom is -0.383 e. The molecule has 0 bridgehead atoms. The van der Waals surface area contributed by atoms with Crippen LogP contribution in [0.5, 0.6) is 0 Å². The van der Waals surface area contributed by atoms with Crippen molar-refractivity contribution in [3.8, 4) is 0 Å². The number of carbonyl (C=O) groups is 1. The van der Waals surface area contributed by atoms with E-state index in [1.807, 2.05) is 0 Å².